The molecule has 2 N–H and O–H groups in total. The molecule has 1 amide bonds. The van der Waals surface area contributed by atoms with Crippen LogP contribution in [0.15, 0.2) is 48.7 Å². The number of fused-ring (bicyclic) bond motifs is 1. The normalized spacial score (nSPS) is 11.9. The number of nitrogens with zero attached hydrogens (tertiary/aromatic N) is 2. The molecule has 0 aliphatic heterocycles. The third-order valence-electron chi connectivity index (χ3n) is 3.91. The van der Waals surface area contributed by atoms with Gasteiger partial charge in [0.05, 0.1) is 23.1 Å². The summed E-state index contributed by atoms with van der Waals surface area (Å²) in [6.45, 7) is 0. The molecule has 1 atom stereocenters. The van der Waals surface area contributed by atoms with Gasteiger partial charge < -0.3 is 10.4 Å². The summed E-state index contributed by atoms with van der Waals surface area (Å²) in [7, 11) is 0. The van der Waals surface area contributed by atoms with Gasteiger partial charge in [-0.3, -0.25) is 9.78 Å². The predicted molar refractivity (Wildman–Crippen MR) is 92.9 cm³/mol. The van der Waals surface area contributed by atoms with Crippen LogP contribution in [0.5, 0.6) is 0 Å². The lowest BCUT2D eigenvalue weighted by Crippen LogP contribution is -2.43. The van der Waals surface area contributed by atoms with Crippen LogP contribution in [-0.2, 0) is 22.4 Å². The van der Waals surface area contributed by atoms with Crippen LogP contribution in [0.3, 0.4) is 0 Å². The largest absolute Gasteiger partial charge is 0.480 e. The van der Waals surface area contributed by atoms with E-state index in [2.05, 4.69) is 15.3 Å². The minimum absolute atomic E-state index is 0.0245. The van der Waals surface area contributed by atoms with Gasteiger partial charge in [-0.25, -0.2) is 18.6 Å². The highest BCUT2D eigenvalue weighted by molar-refractivity contribution is 5.85. The first-order valence-electron chi connectivity index (χ1n) is 8.09. The van der Waals surface area contributed by atoms with Gasteiger partial charge in [0, 0.05) is 18.7 Å². The monoisotopic (exact) mass is 371 g/mol. The van der Waals surface area contributed by atoms with E-state index < -0.39 is 36.0 Å². The molecule has 0 aliphatic rings. The Morgan fingerprint density at radius 1 is 1.11 bits per heavy atom. The van der Waals surface area contributed by atoms with E-state index in [4.69, 9.17) is 0 Å². The topological polar surface area (TPSA) is 92.2 Å². The fourth-order valence-corrected chi connectivity index (χ4v) is 2.59. The van der Waals surface area contributed by atoms with Crippen molar-refractivity contribution in [3.8, 4) is 0 Å². The SMILES string of the molecule is O=C(Cc1ccc(F)cc1F)N[C@@H](Cc1cnc2ccccc2n1)C(=O)O. The highest BCUT2D eigenvalue weighted by Gasteiger charge is 2.22. The zero-order valence-corrected chi connectivity index (χ0v) is 14.0. The van der Waals surface area contributed by atoms with Gasteiger partial charge in [-0.2, -0.15) is 0 Å². The van der Waals surface area contributed by atoms with E-state index in [9.17, 15) is 23.5 Å². The van der Waals surface area contributed by atoms with Gasteiger partial charge >= 0.3 is 5.97 Å². The molecule has 138 valence electrons. The molecular formula is C19H15F2N3O3. The Morgan fingerprint density at radius 3 is 2.56 bits per heavy atom. The molecule has 0 aliphatic carbocycles. The quantitative estimate of drug-likeness (QED) is 0.693. The van der Waals surface area contributed by atoms with E-state index in [1.165, 1.54) is 6.20 Å². The van der Waals surface area contributed by atoms with Crippen molar-refractivity contribution in [3.05, 3.63) is 71.6 Å². The summed E-state index contributed by atoms with van der Waals surface area (Å²) in [5, 5.41) is 11.7. The van der Waals surface area contributed by atoms with Crippen molar-refractivity contribution >= 4 is 22.9 Å². The van der Waals surface area contributed by atoms with Crippen LogP contribution in [0.25, 0.3) is 11.0 Å². The summed E-state index contributed by atoms with van der Waals surface area (Å²) in [6.07, 6.45) is 0.966. The molecule has 0 saturated carbocycles. The number of halogens is 2. The first-order chi connectivity index (χ1) is 12.9. The molecule has 0 saturated heterocycles. The average Bonchev–Trinajstić information content (AvgIpc) is 2.63. The van der Waals surface area contributed by atoms with Crippen LogP contribution in [0, 0.1) is 11.6 Å². The zero-order valence-electron chi connectivity index (χ0n) is 14.0. The van der Waals surface area contributed by atoms with Gasteiger partial charge in [-0.15, -0.1) is 0 Å². The van der Waals surface area contributed by atoms with Gasteiger partial charge in [0.15, 0.2) is 0 Å². The van der Waals surface area contributed by atoms with Crippen LogP contribution in [-0.4, -0.2) is 33.0 Å². The molecule has 0 radical (unpaired) electrons. The lowest BCUT2D eigenvalue weighted by Gasteiger charge is -2.14. The van der Waals surface area contributed by atoms with Crippen LogP contribution >= 0.6 is 0 Å². The third-order valence-corrected chi connectivity index (χ3v) is 3.91. The van der Waals surface area contributed by atoms with Crippen molar-refractivity contribution in [2.45, 2.75) is 18.9 Å². The van der Waals surface area contributed by atoms with E-state index in [1.54, 1.807) is 18.2 Å². The number of rotatable bonds is 6. The molecule has 0 spiro atoms. The minimum Gasteiger partial charge on any atom is -0.480 e. The number of aromatic nitrogens is 2. The van der Waals surface area contributed by atoms with Crippen molar-refractivity contribution in [3.63, 3.8) is 0 Å². The second-order valence-electron chi connectivity index (χ2n) is 5.93. The fraction of sp³-hybridized carbons (Fsp3) is 0.158. The second-order valence-corrected chi connectivity index (χ2v) is 5.93. The van der Waals surface area contributed by atoms with Crippen molar-refractivity contribution in [2.75, 3.05) is 0 Å². The van der Waals surface area contributed by atoms with E-state index in [1.807, 2.05) is 6.07 Å². The van der Waals surface area contributed by atoms with Crippen molar-refractivity contribution in [1.82, 2.24) is 15.3 Å². The second kappa shape index (κ2) is 7.86. The smallest absolute Gasteiger partial charge is 0.326 e. The Balaban J connectivity index is 1.71. The molecule has 3 aromatic rings. The maximum Gasteiger partial charge on any atom is 0.326 e. The fourth-order valence-electron chi connectivity index (χ4n) is 2.59. The zero-order chi connectivity index (χ0) is 19.4. The average molecular weight is 371 g/mol. The van der Waals surface area contributed by atoms with Gasteiger partial charge in [0.2, 0.25) is 5.91 Å². The van der Waals surface area contributed by atoms with Crippen molar-refractivity contribution in [1.29, 1.82) is 0 Å². The molecule has 2 aromatic carbocycles. The molecule has 0 bridgehead atoms. The Morgan fingerprint density at radius 2 is 1.85 bits per heavy atom. The highest BCUT2D eigenvalue weighted by Crippen LogP contribution is 2.12. The summed E-state index contributed by atoms with van der Waals surface area (Å²) in [4.78, 5) is 32.1. The number of para-hydroxylation sites is 2. The molecule has 1 heterocycles. The van der Waals surface area contributed by atoms with Crippen LogP contribution < -0.4 is 5.32 Å². The molecule has 8 heteroatoms. The number of amides is 1. The number of hydrogen-bond acceptors (Lipinski definition) is 4. The molecule has 0 unspecified atom stereocenters. The Hall–Kier alpha value is -3.42. The Kier molecular flexibility index (Phi) is 5.35. The van der Waals surface area contributed by atoms with Gasteiger partial charge in [-0.1, -0.05) is 18.2 Å². The summed E-state index contributed by atoms with van der Waals surface area (Å²) in [5.74, 6) is -3.56. The maximum absolute atomic E-state index is 13.6. The number of carboxylic acids is 1. The highest BCUT2D eigenvalue weighted by atomic mass is 19.1. The van der Waals surface area contributed by atoms with E-state index in [0.29, 0.717) is 22.8 Å². The molecule has 27 heavy (non-hydrogen) atoms. The number of nitrogens with one attached hydrogen (secondary N) is 1. The number of carbonyl (C=O) groups is 2. The number of benzene rings is 2. The predicted octanol–water partition coefficient (Wildman–Crippen LogP) is 2.26. The molecule has 0 fully saturated rings. The van der Waals surface area contributed by atoms with Crippen LogP contribution in [0.1, 0.15) is 11.3 Å². The van der Waals surface area contributed by atoms with Crippen molar-refractivity contribution in [2.24, 2.45) is 0 Å². The number of carboxylic acid groups (broad SMARTS) is 1. The first kappa shape index (κ1) is 18.4. The van der Waals surface area contributed by atoms with E-state index >= 15 is 0 Å². The summed E-state index contributed by atoms with van der Waals surface area (Å²) in [6, 6.07) is 8.72. The van der Waals surface area contributed by atoms with Gasteiger partial charge in [-0.05, 0) is 23.8 Å². The van der Waals surface area contributed by atoms with E-state index in [-0.39, 0.29) is 12.0 Å². The van der Waals surface area contributed by atoms with Gasteiger partial charge in [0.1, 0.15) is 17.7 Å². The lowest BCUT2D eigenvalue weighted by atomic mass is 10.1. The number of hydrogen-bond donors (Lipinski definition) is 2. The summed E-state index contributed by atoms with van der Waals surface area (Å²) < 4.78 is 26.6. The van der Waals surface area contributed by atoms with Crippen LogP contribution in [0.2, 0.25) is 0 Å². The summed E-state index contributed by atoms with van der Waals surface area (Å²) in [5.41, 5.74) is 1.65. The first-order valence-corrected chi connectivity index (χ1v) is 8.09. The van der Waals surface area contributed by atoms with Crippen molar-refractivity contribution < 1.29 is 23.5 Å². The summed E-state index contributed by atoms with van der Waals surface area (Å²) >= 11 is 0. The third kappa shape index (κ3) is 4.60. The molecule has 3 rings (SSSR count). The molecular weight excluding hydrogens is 356 g/mol. The standard InChI is InChI=1S/C19H15F2N3O3/c20-12-6-5-11(14(21)8-12)7-18(25)24-17(19(26)27)9-13-10-22-15-3-1-2-4-16(15)23-13/h1-6,8,10,17H,7,9H2,(H,24,25)(H,26,27)/t17-/m0/s1. The van der Waals surface area contributed by atoms with E-state index in [0.717, 1.165) is 12.1 Å². The molecule has 1 aromatic heterocycles. The minimum atomic E-state index is -1.25. The Bertz CT molecular complexity index is 1010. The van der Waals surface area contributed by atoms with Gasteiger partial charge in [0.25, 0.3) is 0 Å². The number of carbonyl (C=O) groups excluding carboxylic acids is 1. The van der Waals surface area contributed by atoms with Crippen LogP contribution in [0.4, 0.5) is 8.78 Å². The lowest BCUT2D eigenvalue weighted by molar-refractivity contribution is -0.141. The number of aliphatic carboxylic acids is 1. The molecule has 6 nitrogen and oxygen atoms in total. The Labute approximate surface area is 152 Å². The maximum atomic E-state index is 13.6.